The van der Waals surface area contributed by atoms with E-state index >= 15 is 0 Å². The molecular formula is C19H17F3N4O2. The Morgan fingerprint density at radius 1 is 1.25 bits per heavy atom. The number of hydrogen-bond donors (Lipinski definition) is 0. The number of aryl methyl sites for hydroxylation is 2. The number of halogens is 3. The molecule has 28 heavy (non-hydrogen) atoms. The largest absolute Gasteiger partial charge is 0.488 e. The molecule has 3 aromatic rings. The first-order valence-electron chi connectivity index (χ1n) is 8.66. The fraction of sp³-hybridized carbons (Fsp3) is 0.316. The summed E-state index contributed by atoms with van der Waals surface area (Å²) in [6.45, 7) is 1.63. The van der Waals surface area contributed by atoms with Gasteiger partial charge < -0.3 is 4.74 Å². The van der Waals surface area contributed by atoms with Gasteiger partial charge in [-0.3, -0.25) is 0 Å². The Balaban J connectivity index is 1.78. The van der Waals surface area contributed by atoms with Gasteiger partial charge in [0.25, 0.3) is 5.92 Å². The van der Waals surface area contributed by atoms with Crippen LogP contribution in [0.15, 0.2) is 41.2 Å². The standard InChI is InChI=1S/C19H17F3N4O2/c1-11-6-7-12(20)8-17(11)28-10-14-13(15-9-19(15,21)22)4-3-5-16(14)26-18(27)25(2)23-24-26/h3-8,15H,9-10H2,1-2H3. The van der Waals surface area contributed by atoms with Crippen molar-refractivity contribution in [2.75, 3.05) is 0 Å². The molecule has 0 amide bonds. The third-order valence-electron chi connectivity index (χ3n) is 4.86. The van der Waals surface area contributed by atoms with Crippen molar-refractivity contribution in [3.8, 4) is 11.4 Å². The number of rotatable bonds is 5. The zero-order valence-electron chi connectivity index (χ0n) is 15.2. The predicted molar refractivity (Wildman–Crippen MR) is 94.4 cm³/mol. The first-order chi connectivity index (χ1) is 13.3. The summed E-state index contributed by atoms with van der Waals surface area (Å²) in [5, 5.41) is 7.48. The molecule has 9 heteroatoms. The summed E-state index contributed by atoms with van der Waals surface area (Å²) in [6, 6.07) is 8.89. The highest BCUT2D eigenvalue weighted by Gasteiger charge is 2.58. The maximum atomic E-state index is 13.8. The number of ether oxygens (including phenoxy) is 1. The van der Waals surface area contributed by atoms with Gasteiger partial charge in [-0.25, -0.2) is 18.0 Å². The van der Waals surface area contributed by atoms with E-state index in [9.17, 15) is 18.0 Å². The van der Waals surface area contributed by atoms with Gasteiger partial charge in [-0.2, -0.15) is 9.36 Å². The topological polar surface area (TPSA) is 61.9 Å². The van der Waals surface area contributed by atoms with E-state index in [1.54, 1.807) is 31.2 Å². The van der Waals surface area contributed by atoms with Gasteiger partial charge in [-0.1, -0.05) is 18.2 Å². The number of nitrogens with zero attached hydrogens (tertiary/aromatic N) is 4. The third kappa shape index (κ3) is 3.17. The highest BCUT2D eigenvalue weighted by molar-refractivity contribution is 5.49. The highest BCUT2D eigenvalue weighted by Crippen LogP contribution is 2.56. The minimum absolute atomic E-state index is 0.120. The summed E-state index contributed by atoms with van der Waals surface area (Å²) >= 11 is 0. The Morgan fingerprint density at radius 3 is 2.64 bits per heavy atom. The van der Waals surface area contributed by atoms with Crippen LogP contribution in [-0.2, 0) is 13.7 Å². The first kappa shape index (κ1) is 18.3. The van der Waals surface area contributed by atoms with Crippen LogP contribution in [-0.4, -0.2) is 25.7 Å². The van der Waals surface area contributed by atoms with E-state index in [1.807, 2.05) is 0 Å². The fourth-order valence-electron chi connectivity index (χ4n) is 3.17. The molecular weight excluding hydrogens is 373 g/mol. The normalized spacial score (nSPS) is 17.5. The molecule has 1 aromatic heterocycles. The molecule has 1 aliphatic carbocycles. The Kier molecular flexibility index (Phi) is 4.24. The van der Waals surface area contributed by atoms with Crippen LogP contribution in [0.2, 0.25) is 0 Å². The van der Waals surface area contributed by atoms with Crippen molar-refractivity contribution in [1.29, 1.82) is 0 Å². The molecule has 1 unspecified atom stereocenters. The van der Waals surface area contributed by atoms with E-state index in [0.29, 0.717) is 28.1 Å². The monoisotopic (exact) mass is 390 g/mol. The molecule has 1 saturated carbocycles. The molecule has 0 spiro atoms. The van der Waals surface area contributed by atoms with Gasteiger partial charge in [0.2, 0.25) is 0 Å². The molecule has 6 nitrogen and oxygen atoms in total. The van der Waals surface area contributed by atoms with Crippen LogP contribution in [0.25, 0.3) is 5.69 Å². The second-order valence-electron chi connectivity index (χ2n) is 6.86. The lowest BCUT2D eigenvalue weighted by Gasteiger charge is -2.16. The minimum Gasteiger partial charge on any atom is -0.488 e. The average molecular weight is 390 g/mol. The molecule has 1 atom stereocenters. The molecule has 0 saturated heterocycles. The van der Waals surface area contributed by atoms with Crippen molar-refractivity contribution in [3.05, 3.63) is 69.4 Å². The first-order valence-corrected chi connectivity index (χ1v) is 8.66. The lowest BCUT2D eigenvalue weighted by atomic mass is 10.0. The lowest BCUT2D eigenvalue weighted by molar-refractivity contribution is 0.112. The minimum atomic E-state index is -2.80. The number of benzene rings is 2. The smallest absolute Gasteiger partial charge is 0.368 e. The second-order valence-corrected chi connectivity index (χ2v) is 6.86. The van der Waals surface area contributed by atoms with Crippen LogP contribution in [0.3, 0.4) is 0 Å². The molecule has 0 aliphatic heterocycles. The summed E-state index contributed by atoms with van der Waals surface area (Å²) in [5.74, 6) is -3.91. The van der Waals surface area contributed by atoms with Crippen molar-refractivity contribution in [2.45, 2.75) is 31.8 Å². The SMILES string of the molecule is Cc1ccc(F)cc1OCc1c(C2CC2(F)F)cccc1-n1nnn(C)c1=O. The summed E-state index contributed by atoms with van der Waals surface area (Å²) in [7, 11) is 1.44. The second kappa shape index (κ2) is 6.50. The van der Waals surface area contributed by atoms with E-state index < -0.39 is 23.3 Å². The Labute approximate surface area is 158 Å². The van der Waals surface area contributed by atoms with Crippen molar-refractivity contribution >= 4 is 0 Å². The van der Waals surface area contributed by atoms with Crippen LogP contribution in [0.4, 0.5) is 13.2 Å². The number of aromatic nitrogens is 4. The van der Waals surface area contributed by atoms with Gasteiger partial charge >= 0.3 is 5.69 Å². The maximum Gasteiger partial charge on any atom is 0.368 e. The summed E-state index contributed by atoms with van der Waals surface area (Å²) < 4.78 is 48.9. The lowest BCUT2D eigenvalue weighted by Crippen LogP contribution is -2.23. The van der Waals surface area contributed by atoms with Crippen LogP contribution >= 0.6 is 0 Å². The molecule has 0 N–H and O–H groups in total. The molecule has 4 rings (SSSR count). The van der Waals surface area contributed by atoms with E-state index in [4.69, 9.17) is 4.74 Å². The zero-order valence-corrected chi connectivity index (χ0v) is 15.2. The molecule has 2 aromatic carbocycles. The van der Waals surface area contributed by atoms with Crippen molar-refractivity contribution < 1.29 is 17.9 Å². The Morgan fingerprint density at radius 2 is 2.00 bits per heavy atom. The van der Waals surface area contributed by atoms with E-state index in [-0.39, 0.29) is 13.0 Å². The zero-order chi connectivity index (χ0) is 20.1. The van der Waals surface area contributed by atoms with E-state index in [1.165, 1.54) is 19.2 Å². The van der Waals surface area contributed by atoms with Crippen LogP contribution in [0.5, 0.6) is 5.75 Å². The van der Waals surface area contributed by atoms with Crippen LogP contribution in [0.1, 0.15) is 29.0 Å². The van der Waals surface area contributed by atoms with Gasteiger partial charge in [0, 0.05) is 25.1 Å². The van der Waals surface area contributed by atoms with Crippen molar-refractivity contribution in [3.63, 3.8) is 0 Å². The van der Waals surface area contributed by atoms with E-state index in [0.717, 1.165) is 9.36 Å². The van der Waals surface area contributed by atoms with Gasteiger partial charge in [-0.05, 0) is 40.6 Å². The quantitative estimate of drug-likeness (QED) is 0.672. The van der Waals surface area contributed by atoms with Crippen molar-refractivity contribution in [2.24, 2.45) is 7.05 Å². The van der Waals surface area contributed by atoms with Crippen molar-refractivity contribution in [1.82, 2.24) is 19.8 Å². The highest BCUT2D eigenvalue weighted by atomic mass is 19.3. The third-order valence-corrected chi connectivity index (χ3v) is 4.86. The average Bonchev–Trinajstić information content (AvgIpc) is 3.17. The Hall–Kier alpha value is -3.10. The molecule has 0 radical (unpaired) electrons. The van der Waals surface area contributed by atoms with Gasteiger partial charge in [0.15, 0.2) is 0 Å². The maximum absolute atomic E-state index is 13.8. The van der Waals surface area contributed by atoms with Gasteiger partial charge in [0.05, 0.1) is 11.6 Å². The summed E-state index contributed by atoms with van der Waals surface area (Å²) in [5.41, 5.74) is 1.29. The molecule has 1 heterocycles. The van der Waals surface area contributed by atoms with Crippen LogP contribution in [0, 0.1) is 12.7 Å². The van der Waals surface area contributed by atoms with Gasteiger partial charge in [-0.15, -0.1) is 0 Å². The molecule has 146 valence electrons. The molecule has 0 bridgehead atoms. The number of tetrazole rings is 1. The summed E-state index contributed by atoms with van der Waals surface area (Å²) in [4.78, 5) is 12.3. The number of hydrogen-bond acceptors (Lipinski definition) is 4. The fourth-order valence-corrected chi connectivity index (χ4v) is 3.17. The summed E-state index contributed by atoms with van der Waals surface area (Å²) in [6.07, 6.45) is -0.266. The Bertz CT molecular complexity index is 1110. The molecule has 1 aliphatic rings. The predicted octanol–water partition coefficient (Wildman–Crippen LogP) is 3.12. The van der Waals surface area contributed by atoms with Crippen LogP contribution < -0.4 is 10.4 Å². The molecule has 1 fully saturated rings. The van der Waals surface area contributed by atoms with E-state index in [2.05, 4.69) is 10.4 Å². The number of alkyl halides is 2. The van der Waals surface area contributed by atoms with Gasteiger partial charge in [0.1, 0.15) is 18.2 Å².